The van der Waals surface area contributed by atoms with E-state index in [0.29, 0.717) is 11.3 Å². The van der Waals surface area contributed by atoms with Gasteiger partial charge in [0.15, 0.2) is 5.54 Å². The predicted molar refractivity (Wildman–Crippen MR) is 54.8 cm³/mol. The third-order valence-electron chi connectivity index (χ3n) is 2.60. The zero-order valence-electron chi connectivity index (χ0n) is 8.53. The highest BCUT2D eigenvalue weighted by atomic mass is 16.5. The highest BCUT2D eigenvalue weighted by Crippen LogP contribution is 2.32. The van der Waals surface area contributed by atoms with E-state index in [4.69, 9.17) is 0 Å². The van der Waals surface area contributed by atoms with Crippen molar-refractivity contribution in [2.24, 2.45) is 0 Å². The monoisotopic (exact) mass is 205 g/mol. The number of benzene rings is 1. The number of nitrogens with one attached hydrogen (secondary N) is 1. The Hall–Kier alpha value is -1.84. The van der Waals surface area contributed by atoms with Gasteiger partial charge in [-0.2, -0.15) is 0 Å². The number of ether oxygens (including phenoxy) is 1. The van der Waals surface area contributed by atoms with Gasteiger partial charge in [-0.25, -0.2) is 4.79 Å². The fourth-order valence-corrected chi connectivity index (χ4v) is 1.73. The third kappa shape index (κ3) is 1.21. The Morgan fingerprint density at radius 1 is 1.40 bits per heavy atom. The molecule has 1 unspecified atom stereocenters. The molecule has 0 saturated heterocycles. The fourth-order valence-electron chi connectivity index (χ4n) is 1.73. The van der Waals surface area contributed by atoms with Crippen LogP contribution in [0.2, 0.25) is 0 Å². The summed E-state index contributed by atoms with van der Waals surface area (Å²) in [6.07, 6.45) is 0. The Balaban J connectivity index is 2.47. The lowest BCUT2D eigenvalue weighted by Crippen LogP contribution is -2.47. The summed E-state index contributed by atoms with van der Waals surface area (Å²) in [5, 5.41) is 2.89. The molecule has 0 spiro atoms. The molecule has 0 aliphatic carbocycles. The minimum atomic E-state index is -1.28. The minimum Gasteiger partial charge on any atom is -0.467 e. The van der Waals surface area contributed by atoms with Gasteiger partial charge in [-0.1, -0.05) is 12.1 Å². The summed E-state index contributed by atoms with van der Waals surface area (Å²) in [5.41, 5.74) is -0.0703. The molecule has 0 radical (unpaired) electrons. The van der Waals surface area contributed by atoms with E-state index >= 15 is 0 Å². The fraction of sp³-hybridized carbons (Fsp3) is 0.273. The third-order valence-corrected chi connectivity index (χ3v) is 2.60. The highest BCUT2D eigenvalue weighted by Gasteiger charge is 2.48. The van der Waals surface area contributed by atoms with Crippen molar-refractivity contribution in [3.05, 3.63) is 29.8 Å². The number of Topliss-reactive ketones (excluding diaryl/α,β-unsaturated/α-hetero) is 1. The summed E-state index contributed by atoms with van der Waals surface area (Å²) in [5.74, 6) is -0.811. The number of carbonyl (C=O) groups is 2. The molecular weight excluding hydrogens is 194 g/mol. The summed E-state index contributed by atoms with van der Waals surface area (Å²) in [6, 6.07) is 7.03. The topological polar surface area (TPSA) is 55.4 Å². The van der Waals surface area contributed by atoms with Gasteiger partial charge in [0.1, 0.15) is 0 Å². The van der Waals surface area contributed by atoms with Crippen LogP contribution in [-0.4, -0.2) is 24.4 Å². The quantitative estimate of drug-likeness (QED) is 0.553. The molecule has 78 valence electrons. The van der Waals surface area contributed by atoms with E-state index < -0.39 is 11.5 Å². The molecule has 0 bridgehead atoms. The first-order valence-electron chi connectivity index (χ1n) is 4.60. The number of anilines is 1. The Morgan fingerprint density at radius 2 is 2.07 bits per heavy atom. The molecule has 2 rings (SSSR count). The minimum absolute atomic E-state index is 0.245. The number of hydrogen-bond donors (Lipinski definition) is 1. The van der Waals surface area contributed by atoms with Crippen molar-refractivity contribution in [2.75, 3.05) is 12.4 Å². The second-order valence-corrected chi connectivity index (χ2v) is 3.62. The molecule has 1 N–H and O–H groups in total. The van der Waals surface area contributed by atoms with E-state index in [9.17, 15) is 9.59 Å². The van der Waals surface area contributed by atoms with Crippen molar-refractivity contribution in [3.63, 3.8) is 0 Å². The van der Waals surface area contributed by atoms with Crippen LogP contribution in [0.15, 0.2) is 24.3 Å². The van der Waals surface area contributed by atoms with Crippen LogP contribution in [0.3, 0.4) is 0 Å². The zero-order valence-corrected chi connectivity index (χ0v) is 8.53. The lowest BCUT2D eigenvalue weighted by Gasteiger charge is -2.19. The SMILES string of the molecule is COC(=O)C1(C)Nc2ccccc2C1=O. The lowest BCUT2D eigenvalue weighted by molar-refractivity contribution is -0.143. The van der Waals surface area contributed by atoms with E-state index in [2.05, 4.69) is 10.1 Å². The molecule has 4 nitrogen and oxygen atoms in total. The lowest BCUT2D eigenvalue weighted by atomic mass is 9.96. The van der Waals surface area contributed by atoms with E-state index in [1.165, 1.54) is 14.0 Å². The number of ketones is 1. The Labute approximate surface area is 87.2 Å². The summed E-state index contributed by atoms with van der Waals surface area (Å²) in [7, 11) is 1.27. The molecule has 4 heteroatoms. The van der Waals surface area contributed by atoms with Crippen LogP contribution >= 0.6 is 0 Å². The first-order valence-corrected chi connectivity index (χ1v) is 4.60. The molecule has 1 aromatic rings. The van der Waals surface area contributed by atoms with Gasteiger partial charge in [0, 0.05) is 11.3 Å². The average Bonchev–Trinajstić information content (AvgIpc) is 2.52. The van der Waals surface area contributed by atoms with E-state index in [1.807, 2.05) is 6.07 Å². The van der Waals surface area contributed by atoms with Gasteiger partial charge in [-0.05, 0) is 19.1 Å². The van der Waals surface area contributed by atoms with Crippen molar-refractivity contribution in [2.45, 2.75) is 12.5 Å². The van der Waals surface area contributed by atoms with Crippen molar-refractivity contribution in [1.82, 2.24) is 0 Å². The molecule has 15 heavy (non-hydrogen) atoms. The van der Waals surface area contributed by atoms with Crippen LogP contribution < -0.4 is 5.32 Å². The van der Waals surface area contributed by atoms with E-state index in [0.717, 1.165) is 0 Å². The number of hydrogen-bond acceptors (Lipinski definition) is 4. The maximum atomic E-state index is 12.0. The summed E-state index contributed by atoms with van der Waals surface area (Å²) < 4.78 is 4.62. The smallest absolute Gasteiger partial charge is 0.339 e. The molecule has 0 aromatic heterocycles. The standard InChI is InChI=1S/C11H11NO3/c1-11(10(14)15-2)9(13)7-5-3-4-6-8(7)12-11/h3-6,12H,1-2H3. The number of esters is 1. The van der Waals surface area contributed by atoms with Crippen molar-refractivity contribution in [1.29, 1.82) is 0 Å². The maximum Gasteiger partial charge on any atom is 0.339 e. The molecule has 1 aromatic carbocycles. The first-order chi connectivity index (χ1) is 7.09. The average molecular weight is 205 g/mol. The van der Waals surface area contributed by atoms with Crippen LogP contribution in [0.25, 0.3) is 0 Å². The Bertz CT molecular complexity index is 441. The number of carbonyl (C=O) groups excluding carboxylic acids is 2. The molecule has 0 amide bonds. The van der Waals surface area contributed by atoms with Gasteiger partial charge < -0.3 is 10.1 Å². The number of methoxy groups -OCH3 is 1. The van der Waals surface area contributed by atoms with Gasteiger partial charge in [-0.3, -0.25) is 4.79 Å². The van der Waals surface area contributed by atoms with Gasteiger partial charge in [-0.15, -0.1) is 0 Å². The van der Waals surface area contributed by atoms with Crippen LogP contribution in [0, 0.1) is 0 Å². The Morgan fingerprint density at radius 3 is 2.67 bits per heavy atom. The van der Waals surface area contributed by atoms with Gasteiger partial charge in [0.2, 0.25) is 5.78 Å². The van der Waals surface area contributed by atoms with E-state index in [1.54, 1.807) is 18.2 Å². The summed E-state index contributed by atoms with van der Waals surface area (Å²) in [4.78, 5) is 23.5. The van der Waals surface area contributed by atoms with Crippen LogP contribution in [0.5, 0.6) is 0 Å². The highest BCUT2D eigenvalue weighted by molar-refractivity contribution is 6.24. The van der Waals surface area contributed by atoms with Crippen LogP contribution in [0.4, 0.5) is 5.69 Å². The zero-order chi connectivity index (χ0) is 11.1. The van der Waals surface area contributed by atoms with Crippen LogP contribution in [0.1, 0.15) is 17.3 Å². The second-order valence-electron chi connectivity index (χ2n) is 3.62. The molecule has 1 heterocycles. The summed E-state index contributed by atoms with van der Waals surface area (Å²) in [6.45, 7) is 1.53. The van der Waals surface area contributed by atoms with Crippen LogP contribution in [-0.2, 0) is 9.53 Å². The first kappa shape index (κ1) is 9.71. The number of para-hydroxylation sites is 1. The molecule has 1 atom stereocenters. The molecule has 1 aliphatic heterocycles. The molecule has 0 saturated carbocycles. The van der Waals surface area contributed by atoms with Crippen molar-refractivity contribution in [3.8, 4) is 0 Å². The predicted octanol–water partition coefficient (Wildman–Crippen LogP) is 1.23. The number of fused-ring (bicyclic) bond motifs is 1. The normalized spacial score (nSPS) is 23.2. The number of rotatable bonds is 1. The molecule has 0 fully saturated rings. The maximum absolute atomic E-state index is 12.0. The largest absolute Gasteiger partial charge is 0.467 e. The van der Waals surface area contributed by atoms with E-state index in [-0.39, 0.29) is 5.78 Å². The molecule has 1 aliphatic rings. The Kier molecular flexibility index (Phi) is 2.00. The van der Waals surface area contributed by atoms with Gasteiger partial charge in [0.25, 0.3) is 0 Å². The van der Waals surface area contributed by atoms with Crippen molar-refractivity contribution < 1.29 is 14.3 Å². The molecular formula is C11H11NO3. The van der Waals surface area contributed by atoms with Gasteiger partial charge in [0.05, 0.1) is 7.11 Å². The summed E-state index contributed by atoms with van der Waals surface area (Å²) >= 11 is 0. The van der Waals surface area contributed by atoms with Crippen molar-refractivity contribution >= 4 is 17.4 Å². The van der Waals surface area contributed by atoms with Gasteiger partial charge >= 0.3 is 5.97 Å². The second kappa shape index (κ2) is 3.08.